The standard InChI is InChI=1S/C15H14BrN3O2/c1-9-7-12(16)5-6-13(9)18-15(20)11-4-2-3-10(8-11)14(17)19-21/h2-8,21H,1H3,(H2,17,19)(H,18,20). The third-order valence-corrected chi connectivity index (χ3v) is 3.46. The Kier molecular flexibility index (Phi) is 4.59. The highest BCUT2D eigenvalue weighted by Crippen LogP contribution is 2.20. The lowest BCUT2D eigenvalue weighted by molar-refractivity contribution is 0.102. The summed E-state index contributed by atoms with van der Waals surface area (Å²) in [4.78, 5) is 12.2. The molecule has 4 N–H and O–H groups in total. The minimum atomic E-state index is -0.256. The number of halogens is 1. The summed E-state index contributed by atoms with van der Waals surface area (Å²) in [5.41, 5.74) is 8.12. The quantitative estimate of drug-likeness (QED) is 0.345. The monoisotopic (exact) mass is 347 g/mol. The van der Waals surface area contributed by atoms with Crippen molar-refractivity contribution in [1.82, 2.24) is 0 Å². The molecule has 1 amide bonds. The van der Waals surface area contributed by atoms with Gasteiger partial charge in [0.15, 0.2) is 5.84 Å². The number of rotatable bonds is 3. The number of hydrogen-bond acceptors (Lipinski definition) is 3. The first kappa shape index (κ1) is 15.1. The van der Waals surface area contributed by atoms with Crippen LogP contribution in [0.2, 0.25) is 0 Å². The van der Waals surface area contributed by atoms with Gasteiger partial charge in [-0.15, -0.1) is 0 Å². The fraction of sp³-hybridized carbons (Fsp3) is 0.0667. The van der Waals surface area contributed by atoms with E-state index in [0.29, 0.717) is 11.1 Å². The molecule has 2 aromatic carbocycles. The van der Waals surface area contributed by atoms with E-state index < -0.39 is 0 Å². The molecular formula is C15H14BrN3O2. The van der Waals surface area contributed by atoms with Gasteiger partial charge in [0, 0.05) is 21.3 Å². The summed E-state index contributed by atoms with van der Waals surface area (Å²) in [5.74, 6) is -0.294. The van der Waals surface area contributed by atoms with Crippen LogP contribution in [0.3, 0.4) is 0 Å². The number of nitrogens with one attached hydrogen (secondary N) is 1. The van der Waals surface area contributed by atoms with Crippen LogP contribution in [0.4, 0.5) is 5.69 Å². The van der Waals surface area contributed by atoms with Crippen molar-refractivity contribution < 1.29 is 10.0 Å². The molecule has 5 nitrogen and oxygen atoms in total. The summed E-state index contributed by atoms with van der Waals surface area (Å²) in [5, 5.41) is 14.4. The van der Waals surface area contributed by atoms with E-state index in [4.69, 9.17) is 10.9 Å². The third kappa shape index (κ3) is 3.61. The van der Waals surface area contributed by atoms with Crippen LogP contribution in [0.25, 0.3) is 0 Å². The zero-order chi connectivity index (χ0) is 15.4. The Bertz CT molecular complexity index is 714. The lowest BCUT2D eigenvalue weighted by Crippen LogP contribution is -2.16. The van der Waals surface area contributed by atoms with Gasteiger partial charge in [-0.1, -0.05) is 33.2 Å². The molecule has 0 atom stereocenters. The highest BCUT2D eigenvalue weighted by Gasteiger charge is 2.09. The van der Waals surface area contributed by atoms with Gasteiger partial charge in [0.2, 0.25) is 0 Å². The van der Waals surface area contributed by atoms with Gasteiger partial charge in [0.1, 0.15) is 0 Å². The van der Waals surface area contributed by atoms with Crippen LogP contribution in [0, 0.1) is 6.92 Å². The van der Waals surface area contributed by atoms with E-state index in [1.54, 1.807) is 24.3 Å². The maximum atomic E-state index is 12.2. The van der Waals surface area contributed by atoms with Crippen molar-refractivity contribution in [1.29, 1.82) is 0 Å². The molecular weight excluding hydrogens is 334 g/mol. The molecule has 0 spiro atoms. The van der Waals surface area contributed by atoms with Gasteiger partial charge in [-0.25, -0.2) is 0 Å². The average Bonchev–Trinajstić information content (AvgIpc) is 2.49. The smallest absolute Gasteiger partial charge is 0.255 e. The maximum Gasteiger partial charge on any atom is 0.255 e. The number of carbonyl (C=O) groups is 1. The molecule has 0 aliphatic carbocycles. The number of anilines is 1. The lowest BCUT2D eigenvalue weighted by atomic mass is 10.1. The molecule has 0 saturated carbocycles. The normalized spacial score (nSPS) is 11.2. The first-order valence-electron chi connectivity index (χ1n) is 6.16. The summed E-state index contributed by atoms with van der Waals surface area (Å²) in [6, 6.07) is 12.2. The maximum absolute atomic E-state index is 12.2. The number of benzene rings is 2. The van der Waals surface area contributed by atoms with Crippen molar-refractivity contribution in [3.05, 3.63) is 63.6 Å². The largest absolute Gasteiger partial charge is 0.409 e. The molecule has 0 aliphatic rings. The number of amides is 1. The molecule has 0 unspecified atom stereocenters. The zero-order valence-corrected chi connectivity index (χ0v) is 12.9. The van der Waals surface area contributed by atoms with Gasteiger partial charge < -0.3 is 16.3 Å². The average molecular weight is 348 g/mol. The summed E-state index contributed by atoms with van der Waals surface area (Å²) >= 11 is 3.38. The molecule has 0 saturated heterocycles. The number of nitrogens with zero attached hydrogens (tertiary/aromatic N) is 1. The van der Waals surface area contributed by atoms with Crippen LogP contribution < -0.4 is 11.1 Å². The van der Waals surface area contributed by atoms with Crippen molar-refractivity contribution in [3.8, 4) is 0 Å². The van der Waals surface area contributed by atoms with Gasteiger partial charge in [-0.3, -0.25) is 4.79 Å². The fourth-order valence-electron chi connectivity index (χ4n) is 1.84. The van der Waals surface area contributed by atoms with Crippen LogP contribution in [0.15, 0.2) is 52.1 Å². The Hall–Kier alpha value is -2.34. The third-order valence-electron chi connectivity index (χ3n) is 2.96. The van der Waals surface area contributed by atoms with E-state index in [1.165, 1.54) is 0 Å². The molecule has 108 valence electrons. The number of nitrogens with two attached hydrogens (primary N) is 1. The summed E-state index contributed by atoms with van der Waals surface area (Å²) in [6.07, 6.45) is 0. The molecule has 0 aromatic heterocycles. The van der Waals surface area contributed by atoms with Gasteiger partial charge >= 0.3 is 0 Å². The molecule has 0 radical (unpaired) electrons. The van der Waals surface area contributed by atoms with E-state index in [-0.39, 0.29) is 11.7 Å². The number of hydrogen-bond donors (Lipinski definition) is 3. The minimum Gasteiger partial charge on any atom is -0.409 e. The molecule has 0 bridgehead atoms. The molecule has 0 fully saturated rings. The van der Waals surface area contributed by atoms with E-state index >= 15 is 0 Å². The van der Waals surface area contributed by atoms with Crippen molar-refractivity contribution in [2.24, 2.45) is 10.9 Å². The molecule has 2 rings (SSSR count). The first-order chi connectivity index (χ1) is 10.0. The highest BCUT2D eigenvalue weighted by atomic mass is 79.9. The SMILES string of the molecule is Cc1cc(Br)ccc1NC(=O)c1cccc(/C(N)=N/O)c1. The van der Waals surface area contributed by atoms with Crippen LogP contribution in [-0.4, -0.2) is 17.0 Å². The Morgan fingerprint density at radius 2 is 1.95 bits per heavy atom. The van der Waals surface area contributed by atoms with E-state index in [1.807, 2.05) is 25.1 Å². The number of amidine groups is 1. The second kappa shape index (κ2) is 6.41. The molecule has 21 heavy (non-hydrogen) atoms. The Morgan fingerprint density at radius 3 is 2.62 bits per heavy atom. The Morgan fingerprint density at radius 1 is 1.24 bits per heavy atom. The number of oxime groups is 1. The summed E-state index contributed by atoms with van der Waals surface area (Å²) < 4.78 is 0.951. The topological polar surface area (TPSA) is 87.7 Å². The molecule has 2 aromatic rings. The first-order valence-corrected chi connectivity index (χ1v) is 6.96. The van der Waals surface area contributed by atoms with Crippen molar-refractivity contribution >= 4 is 33.4 Å². The van der Waals surface area contributed by atoms with Gasteiger partial charge in [0.25, 0.3) is 5.91 Å². The Labute approximate surface area is 130 Å². The second-order valence-corrected chi connectivity index (χ2v) is 5.40. The van der Waals surface area contributed by atoms with E-state index in [0.717, 1.165) is 15.7 Å². The minimum absolute atomic E-state index is 0.0375. The van der Waals surface area contributed by atoms with Crippen molar-refractivity contribution in [3.63, 3.8) is 0 Å². The van der Waals surface area contributed by atoms with Crippen LogP contribution in [-0.2, 0) is 0 Å². The second-order valence-electron chi connectivity index (χ2n) is 4.48. The predicted octanol–water partition coefficient (Wildman–Crippen LogP) is 3.10. The van der Waals surface area contributed by atoms with Gasteiger partial charge in [0.05, 0.1) is 0 Å². The summed E-state index contributed by atoms with van der Waals surface area (Å²) in [6.45, 7) is 1.91. The zero-order valence-electron chi connectivity index (χ0n) is 11.3. The molecule has 6 heteroatoms. The molecule has 0 heterocycles. The van der Waals surface area contributed by atoms with Crippen LogP contribution in [0.5, 0.6) is 0 Å². The lowest BCUT2D eigenvalue weighted by Gasteiger charge is -2.09. The Balaban J connectivity index is 2.24. The van der Waals surface area contributed by atoms with Crippen molar-refractivity contribution in [2.45, 2.75) is 6.92 Å². The number of aryl methyl sites for hydroxylation is 1. The van der Waals surface area contributed by atoms with Gasteiger partial charge in [-0.05, 0) is 42.8 Å². The number of carbonyl (C=O) groups excluding carboxylic acids is 1. The van der Waals surface area contributed by atoms with E-state index in [9.17, 15) is 4.79 Å². The van der Waals surface area contributed by atoms with Crippen LogP contribution >= 0.6 is 15.9 Å². The van der Waals surface area contributed by atoms with Crippen LogP contribution in [0.1, 0.15) is 21.5 Å². The van der Waals surface area contributed by atoms with Crippen molar-refractivity contribution in [2.75, 3.05) is 5.32 Å². The molecule has 0 aliphatic heterocycles. The highest BCUT2D eigenvalue weighted by molar-refractivity contribution is 9.10. The summed E-state index contributed by atoms with van der Waals surface area (Å²) in [7, 11) is 0. The van der Waals surface area contributed by atoms with E-state index in [2.05, 4.69) is 26.4 Å². The van der Waals surface area contributed by atoms with Gasteiger partial charge in [-0.2, -0.15) is 0 Å². The fourth-order valence-corrected chi connectivity index (χ4v) is 2.31. The predicted molar refractivity (Wildman–Crippen MR) is 85.8 cm³/mol.